The Morgan fingerprint density at radius 2 is 0.724 bits per heavy atom. The van der Waals surface area contributed by atoms with E-state index in [4.69, 9.17) is 0 Å². The number of carbonyl (C=O) groups is 1. The lowest BCUT2D eigenvalue weighted by atomic mass is 9.85. The van der Waals surface area contributed by atoms with Crippen molar-refractivity contribution in [1.82, 2.24) is 0 Å². The molecule has 1 aliphatic carbocycles. The van der Waals surface area contributed by atoms with Crippen LogP contribution in [0.25, 0.3) is 36.8 Å². The zero-order valence-electron chi connectivity index (χ0n) is 47.2. The number of allylic oxidation sites excluding steroid dienone is 6. The molecule has 0 spiro atoms. The Balaban J connectivity index is 1.14. The van der Waals surface area contributed by atoms with Crippen molar-refractivity contribution < 1.29 is 9.90 Å². The van der Waals surface area contributed by atoms with E-state index in [1.165, 1.54) is 199 Å². The van der Waals surface area contributed by atoms with Crippen molar-refractivity contribution in [1.29, 1.82) is 0 Å². The fraction of sp³-hybridized carbons (Fsp3) is 0.444. The maximum Gasteiger partial charge on any atom is 0.239 e. The van der Waals surface area contributed by atoms with E-state index < -0.39 is 0 Å². The van der Waals surface area contributed by atoms with Crippen molar-refractivity contribution in [2.75, 3.05) is 0 Å². The molecule has 7 rings (SSSR count). The van der Waals surface area contributed by atoms with Gasteiger partial charge in [0.15, 0.2) is 0 Å². The first-order valence-corrected chi connectivity index (χ1v) is 31.9. The Bertz CT molecular complexity index is 2560. The highest BCUT2D eigenvalue weighted by atomic mass is 32.2. The zero-order valence-corrected chi connectivity index (χ0v) is 48.8. The number of rotatable bonds is 34. The van der Waals surface area contributed by atoms with Crippen LogP contribution < -0.4 is 0 Å². The van der Waals surface area contributed by atoms with Crippen LogP contribution in [0.5, 0.6) is 0 Å². The number of unbranched alkanes of at least 4 members (excludes halogenated alkanes) is 20. The van der Waals surface area contributed by atoms with Crippen molar-refractivity contribution >= 4 is 44.8 Å². The van der Waals surface area contributed by atoms with Gasteiger partial charge in [0, 0.05) is 33.1 Å². The van der Waals surface area contributed by atoms with Gasteiger partial charge in [-0.25, -0.2) is 0 Å². The minimum absolute atomic E-state index is 0.0624. The van der Waals surface area contributed by atoms with Crippen LogP contribution in [0.1, 0.15) is 221 Å². The Kier molecular flexibility index (Phi) is 25.2. The normalized spacial score (nSPS) is 14.1. The summed E-state index contributed by atoms with van der Waals surface area (Å²) in [6.07, 6.45) is 43.8. The van der Waals surface area contributed by atoms with Crippen LogP contribution in [0.4, 0.5) is 0 Å². The number of aliphatic hydroxyl groups is 1. The summed E-state index contributed by atoms with van der Waals surface area (Å²) in [5.74, 6) is -0.0626. The predicted molar refractivity (Wildman–Crippen MR) is 335 cm³/mol. The first kappa shape index (κ1) is 58.6. The Morgan fingerprint density at radius 1 is 0.408 bits per heavy atom. The molecule has 0 amide bonds. The Hall–Kier alpha value is -5.03. The summed E-state index contributed by atoms with van der Waals surface area (Å²) in [6, 6.07) is 40.8. The molecular weight excluding hydrogens is 961 g/mol. The quantitative estimate of drug-likeness (QED) is 0.0253. The minimum atomic E-state index is -0.125. The van der Waals surface area contributed by atoms with Gasteiger partial charge in [-0.15, -0.1) is 0 Å². The van der Waals surface area contributed by atoms with E-state index >= 15 is 0 Å². The number of benzene rings is 4. The number of hydrogen-bond acceptors (Lipinski definition) is 3. The van der Waals surface area contributed by atoms with Crippen LogP contribution in [0.3, 0.4) is 0 Å². The van der Waals surface area contributed by atoms with Gasteiger partial charge in [0.1, 0.15) is 5.76 Å². The first-order valence-electron chi connectivity index (χ1n) is 30.2. The summed E-state index contributed by atoms with van der Waals surface area (Å²) in [7, 11) is 0. The van der Waals surface area contributed by atoms with Crippen molar-refractivity contribution in [3.05, 3.63) is 189 Å². The standard InChI is InChI=1S/C72H90O2S2/c1-5-9-13-17-21-25-29-55-33-41-61(42-34-55)67-51-59(52-68(75-67)62-43-35-56(36-44-62)30-26-22-18-14-10-6-2)49-65-71(73)66(72(65)74)50-60-53-69(63-45-37-57(38-46-63)31-27-23-19-15-11-7-3)76-70(54-60)64-47-39-58(40-48-64)32-28-24-20-16-12-8-4/h33-54H,5-32H2,1-4H3/p+1. The lowest BCUT2D eigenvalue weighted by Gasteiger charge is -2.21. The lowest BCUT2D eigenvalue weighted by Crippen LogP contribution is -2.21. The molecule has 1 aromatic heterocycles. The molecule has 0 fully saturated rings. The molecule has 0 atom stereocenters. The summed E-state index contributed by atoms with van der Waals surface area (Å²) >= 11 is 3.58. The lowest BCUT2D eigenvalue weighted by molar-refractivity contribution is -0.113. The topological polar surface area (TPSA) is 37.3 Å². The van der Waals surface area contributed by atoms with Gasteiger partial charge in [-0.2, -0.15) is 0 Å². The second kappa shape index (κ2) is 32.6. The molecular formula is C72H91O2S2+. The van der Waals surface area contributed by atoms with Crippen LogP contribution in [0.2, 0.25) is 0 Å². The largest absolute Gasteiger partial charge is 0.506 e. The Labute approximate surface area is 469 Å². The smallest absolute Gasteiger partial charge is 0.239 e. The summed E-state index contributed by atoms with van der Waals surface area (Å²) in [6.45, 7) is 9.10. The number of Topliss-reactive ketones (excluding diaryl/α,β-unsaturated/α-hetero) is 1. The fourth-order valence-electron chi connectivity index (χ4n) is 10.6. The van der Waals surface area contributed by atoms with E-state index in [1.54, 1.807) is 23.1 Å². The summed E-state index contributed by atoms with van der Waals surface area (Å²) in [5.41, 5.74) is 12.8. The number of ketones is 1. The number of carbonyl (C=O) groups excluding carboxylic acids is 1. The molecule has 2 aliphatic rings. The van der Waals surface area contributed by atoms with Crippen molar-refractivity contribution in [3.63, 3.8) is 0 Å². The monoisotopic (exact) mass is 1050 g/mol. The van der Waals surface area contributed by atoms with E-state index in [2.05, 4.69) is 149 Å². The van der Waals surface area contributed by atoms with Gasteiger partial charge in [0.2, 0.25) is 26.9 Å². The molecule has 1 aliphatic heterocycles. The van der Waals surface area contributed by atoms with Gasteiger partial charge < -0.3 is 5.11 Å². The molecule has 0 bridgehead atoms. The maximum absolute atomic E-state index is 14.3. The van der Waals surface area contributed by atoms with E-state index in [0.717, 1.165) is 56.4 Å². The first-order chi connectivity index (χ1) is 37.3. The van der Waals surface area contributed by atoms with Gasteiger partial charge >= 0.3 is 0 Å². The second-order valence-electron chi connectivity index (χ2n) is 21.9. The molecule has 4 aromatic carbocycles. The molecule has 5 aromatic rings. The van der Waals surface area contributed by atoms with E-state index in [-0.39, 0.29) is 11.5 Å². The van der Waals surface area contributed by atoms with Gasteiger partial charge in [-0.1, -0.05) is 241 Å². The van der Waals surface area contributed by atoms with Gasteiger partial charge in [0.05, 0.1) is 11.1 Å². The molecule has 0 unspecified atom stereocenters. The van der Waals surface area contributed by atoms with Gasteiger partial charge in [-0.3, -0.25) is 4.79 Å². The predicted octanol–water partition coefficient (Wildman–Crippen LogP) is 22.5. The summed E-state index contributed by atoms with van der Waals surface area (Å²) in [4.78, 5) is 18.9. The molecule has 0 saturated carbocycles. The van der Waals surface area contributed by atoms with Crippen LogP contribution in [0, 0.1) is 0 Å². The molecule has 4 heteroatoms. The maximum atomic E-state index is 14.3. The average Bonchev–Trinajstić information content (AvgIpc) is 3.46. The van der Waals surface area contributed by atoms with E-state index in [1.807, 2.05) is 12.2 Å². The van der Waals surface area contributed by atoms with Crippen molar-refractivity contribution in [2.45, 2.75) is 207 Å². The number of thioether (sulfide) groups is 1. The highest BCUT2D eigenvalue weighted by molar-refractivity contribution is 8.16. The van der Waals surface area contributed by atoms with Crippen LogP contribution in [0.15, 0.2) is 150 Å². The van der Waals surface area contributed by atoms with Crippen molar-refractivity contribution in [3.8, 4) is 20.9 Å². The third kappa shape index (κ3) is 18.6. The third-order valence-corrected chi connectivity index (χ3v) is 17.8. The number of aryl methyl sites for hydroxylation is 4. The van der Waals surface area contributed by atoms with E-state index in [0.29, 0.717) is 11.1 Å². The zero-order chi connectivity index (χ0) is 53.2. The van der Waals surface area contributed by atoms with Crippen LogP contribution >= 0.6 is 23.1 Å². The SMILES string of the molecule is CCCCCCCCc1ccc(C2=CC(=CC3=C(O)/C(=C/c4cc(-c5ccc(CCCCCCCC)cc5)[s+]c(-c5ccc(CCCCCCCC)cc5)c4)C3=O)C=C(c3ccc(CCCCCCCC)cc3)S2)cc1. The molecule has 2 heterocycles. The molecule has 0 saturated heterocycles. The van der Waals surface area contributed by atoms with Crippen LogP contribution in [-0.4, -0.2) is 10.9 Å². The highest BCUT2D eigenvalue weighted by Crippen LogP contribution is 2.45. The number of aliphatic hydroxyl groups excluding tert-OH is 1. The van der Waals surface area contributed by atoms with Gasteiger partial charge in [-0.05, 0) is 144 Å². The highest BCUT2D eigenvalue weighted by Gasteiger charge is 2.33. The Morgan fingerprint density at radius 3 is 1.05 bits per heavy atom. The molecule has 2 nitrogen and oxygen atoms in total. The molecule has 0 radical (unpaired) electrons. The fourth-order valence-corrected chi connectivity index (χ4v) is 12.9. The van der Waals surface area contributed by atoms with E-state index in [9.17, 15) is 9.90 Å². The second-order valence-corrected chi connectivity index (χ2v) is 24.1. The molecule has 76 heavy (non-hydrogen) atoms. The summed E-state index contributed by atoms with van der Waals surface area (Å²) < 4.78 is 0. The molecule has 402 valence electrons. The van der Waals surface area contributed by atoms with Gasteiger partial charge in [0.25, 0.3) is 0 Å². The number of hydrogen-bond donors (Lipinski definition) is 1. The van der Waals surface area contributed by atoms with Crippen LogP contribution in [-0.2, 0) is 30.5 Å². The minimum Gasteiger partial charge on any atom is -0.506 e. The summed E-state index contributed by atoms with van der Waals surface area (Å²) in [5, 5.41) is 11.8. The molecule has 1 N–H and O–H groups in total. The average molecular weight is 1050 g/mol. The van der Waals surface area contributed by atoms with Crippen molar-refractivity contribution in [2.24, 2.45) is 0 Å². The third-order valence-electron chi connectivity index (χ3n) is 15.5.